The van der Waals surface area contributed by atoms with E-state index in [1.165, 1.54) is 45.2 Å². The third-order valence-corrected chi connectivity index (χ3v) is 5.73. The van der Waals surface area contributed by atoms with Gasteiger partial charge in [0.05, 0.1) is 0 Å². The van der Waals surface area contributed by atoms with Crippen LogP contribution in [-0.4, -0.2) is 46.6 Å². The molecule has 0 aromatic carbocycles. The fraction of sp³-hybridized carbons (Fsp3) is 0.789. The number of aromatic nitrogens is 2. The number of nitrogens with one attached hydrogen (secondary N) is 1. The molecule has 0 radical (unpaired) electrons. The van der Waals surface area contributed by atoms with E-state index in [2.05, 4.69) is 39.8 Å². The molecule has 2 fully saturated rings. The van der Waals surface area contributed by atoms with E-state index in [1.54, 1.807) is 0 Å². The van der Waals surface area contributed by atoms with E-state index in [0.29, 0.717) is 5.41 Å². The lowest BCUT2D eigenvalue weighted by atomic mass is 9.86. The Morgan fingerprint density at radius 2 is 2.08 bits per heavy atom. The molecule has 3 rings (SSSR count). The van der Waals surface area contributed by atoms with Crippen LogP contribution < -0.4 is 5.32 Å². The van der Waals surface area contributed by atoms with Crippen LogP contribution in [0.2, 0.25) is 0 Å². The highest BCUT2D eigenvalue weighted by molar-refractivity contribution is 14.0. The number of unbranched alkanes of at least 4 members (excludes halogenated alkanes) is 1. The SMILES string of the molecule is CCNC(=NCCCCn1ccnc1C)N1CCC2(CCCC2)C1.I. The zero-order chi connectivity index (χ0) is 16.8. The zero-order valence-electron chi connectivity index (χ0n) is 15.8. The highest BCUT2D eigenvalue weighted by Crippen LogP contribution is 2.45. The average molecular weight is 459 g/mol. The van der Waals surface area contributed by atoms with Gasteiger partial charge in [-0.1, -0.05) is 12.8 Å². The van der Waals surface area contributed by atoms with Gasteiger partial charge >= 0.3 is 0 Å². The number of halogens is 1. The standard InChI is InChI=1S/C19H33N5.HI/c1-3-20-18(24-14-10-19(16-24)8-4-5-9-19)22-11-6-7-13-23-15-12-21-17(23)2;/h12,15H,3-11,13-14,16H2,1-2H3,(H,20,22);1H. The zero-order valence-corrected chi connectivity index (χ0v) is 18.2. The average Bonchev–Trinajstić information content (AvgIpc) is 3.30. The number of aliphatic imine (C=N–C) groups is 1. The normalized spacial score (nSPS) is 19.4. The van der Waals surface area contributed by atoms with Crippen molar-refractivity contribution in [3.8, 4) is 0 Å². The summed E-state index contributed by atoms with van der Waals surface area (Å²) in [6.07, 6.45) is 13.3. The van der Waals surface area contributed by atoms with Crippen molar-refractivity contribution in [3.63, 3.8) is 0 Å². The van der Waals surface area contributed by atoms with Crippen LogP contribution in [0.15, 0.2) is 17.4 Å². The van der Waals surface area contributed by atoms with Gasteiger partial charge in [-0.2, -0.15) is 0 Å². The molecule has 0 amide bonds. The predicted octanol–water partition coefficient (Wildman–Crippen LogP) is 3.82. The quantitative estimate of drug-likeness (QED) is 0.305. The van der Waals surface area contributed by atoms with E-state index in [1.807, 2.05) is 6.20 Å². The van der Waals surface area contributed by atoms with E-state index in [4.69, 9.17) is 4.99 Å². The smallest absolute Gasteiger partial charge is 0.193 e. The summed E-state index contributed by atoms with van der Waals surface area (Å²) in [6.45, 7) is 9.54. The van der Waals surface area contributed by atoms with Crippen molar-refractivity contribution in [1.29, 1.82) is 0 Å². The molecule has 25 heavy (non-hydrogen) atoms. The van der Waals surface area contributed by atoms with Gasteiger partial charge in [0, 0.05) is 45.1 Å². The first kappa shape index (κ1) is 20.5. The van der Waals surface area contributed by atoms with E-state index in [0.717, 1.165) is 44.3 Å². The van der Waals surface area contributed by atoms with Crippen LogP contribution in [0.3, 0.4) is 0 Å². The van der Waals surface area contributed by atoms with E-state index < -0.39 is 0 Å². The molecule has 2 aliphatic rings. The Hall–Kier alpha value is -0.790. The first-order valence-corrected chi connectivity index (χ1v) is 9.73. The van der Waals surface area contributed by atoms with Gasteiger partial charge in [0.2, 0.25) is 0 Å². The van der Waals surface area contributed by atoms with E-state index in [9.17, 15) is 0 Å². The molecule has 142 valence electrons. The summed E-state index contributed by atoms with van der Waals surface area (Å²) >= 11 is 0. The highest BCUT2D eigenvalue weighted by atomic mass is 127. The molecule has 1 aliphatic carbocycles. The van der Waals surface area contributed by atoms with Gasteiger partial charge in [0.15, 0.2) is 5.96 Å². The summed E-state index contributed by atoms with van der Waals surface area (Å²) < 4.78 is 2.22. The molecule has 1 N–H and O–H groups in total. The van der Waals surface area contributed by atoms with Crippen LogP contribution >= 0.6 is 24.0 Å². The lowest BCUT2D eigenvalue weighted by Gasteiger charge is -2.26. The Morgan fingerprint density at radius 1 is 1.28 bits per heavy atom. The van der Waals surface area contributed by atoms with Crippen molar-refractivity contribution >= 4 is 29.9 Å². The van der Waals surface area contributed by atoms with Crippen molar-refractivity contribution in [3.05, 3.63) is 18.2 Å². The van der Waals surface area contributed by atoms with Crippen LogP contribution in [0.4, 0.5) is 0 Å². The monoisotopic (exact) mass is 459 g/mol. The summed E-state index contributed by atoms with van der Waals surface area (Å²) in [6, 6.07) is 0. The van der Waals surface area contributed by atoms with Gasteiger partial charge in [-0.15, -0.1) is 24.0 Å². The summed E-state index contributed by atoms with van der Waals surface area (Å²) in [5.41, 5.74) is 0.606. The maximum Gasteiger partial charge on any atom is 0.193 e. The second-order valence-electron chi connectivity index (χ2n) is 7.49. The number of likely N-dealkylation sites (tertiary alicyclic amines) is 1. The molecular formula is C19H34IN5. The van der Waals surface area contributed by atoms with Crippen molar-refractivity contribution in [2.45, 2.75) is 65.3 Å². The summed E-state index contributed by atoms with van der Waals surface area (Å²) in [5.74, 6) is 2.24. The number of imidazole rings is 1. The Morgan fingerprint density at radius 3 is 2.76 bits per heavy atom. The molecule has 1 aliphatic heterocycles. The molecule has 0 unspecified atom stereocenters. The minimum absolute atomic E-state index is 0. The van der Waals surface area contributed by atoms with Gasteiger partial charge < -0.3 is 14.8 Å². The van der Waals surface area contributed by atoms with Crippen molar-refractivity contribution in [2.75, 3.05) is 26.2 Å². The molecular weight excluding hydrogens is 425 g/mol. The first-order chi connectivity index (χ1) is 11.7. The van der Waals surface area contributed by atoms with Gasteiger partial charge in [-0.05, 0) is 51.4 Å². The molecule has 6 heteroatoms. The minimum Gasteiger partial charge on any atom is -0.357 e. The molecule has 2 heterocycles. The van der Waals surface area contributed by atoms with Crippen LogP contribution in [0, 0.1) is 12.3 Å². The lowest BCUT2D eigenvalue weighted by molar-refractivity contribution is 0.309. The molecule has 0 atom stereocenters. The van der Waals surface area contributed by atoms with Gasteiger partial charge in [-0.25, -0.2) is 4.98 Å². The first-order valence-electron chi connectivity index (χ1n) is 9.73. The van der Waals surface area contributed by atoms with Crippen LogP contribution in [0.25, 0.3) is 0 Å². The van der Waals surface area contributed by atoms with Crippen LogP contribution in [0.1, 0.15) is 57.7 Å². The fourth-order valence-electron chi connectivity index (χ4n) is 4.29. The minimum atomic E-state index is 0. The number of aryl methyl sites for hydroxylation is 2. The summed E-state index contributed by atoms with van der Waals surface area (Å²) in [7, 11) is 0. The molecule has 1 saturated heterocycles. The molecule has 1 saturated carbocycles. The Bertz CT molecular complexity index is 548. The third kappa shape index (κ3) is 5.34. The molecule has 0 bridgehead atoms. The van der Waals surface area contributed by atoms with Gasteiger partial charge in [0.1, 0.15) is 5.82 Å². The van der Waals surface area contributed by atoms with E-state index in [-0.39, 0.29) is 24.0 Å². The number of guanidine groups is 1. The molecule has 1 aromatic rings. The Kier molecular flexibility index (Phi) is 8.03. The van der Waals surface area contributed by atoms with Gasteiger partial charge in [-0.3, -0.25) is 4.99 Å². The second kappa shape index (κ2) is 9.78. The Labute approximate surface area is 169 Å². The number of hydrogen-bond donors (Lipinski definition) is 1. The van der Waals surface area contributed by atoms with E-state index >= 15 is 0 Å². The van der Waals surface area contributed by atoms with Crippen molar-refractivity contribution < 1.29 is 0 Å². The summed E-state index contributed by atoms with van der Waals surface area (Å²) in [5, 5.41) is 3.51. The van der Waals surface area contributed by atoms with Crippen molar-refractivity contribution in [2.24, 2.45) is 10.4 Å². The second-order valence-corrected chi connectivity index (χ2v) is 7.49. The number of rotatable bonds is 6. The molecule has 1 spiro atoms. The largest absolute Gasteiger partial charge is 0.357 e. The lowest BCUT2D eigenvalue weighted by Crippen LogP contribution is -2.41. The molecule has 5 nitrogen and oxygen atoms in total. The topological polar surface area (TPSA) is 45.5 Å². The summed E-state index contributed by atoms with van der Waals surface area (Å²) in [4.78, 5) is 11.7. The van der Waals surface area contributed by atoms with Crippen LogP contribution in [0.5, 0.6) is 0 Å². The highest BCUT2D eigenvalue weighted by Gasteiger charge is 2.40. The third-order valence-electron chi connectivity index (χ3n) is 5.73. The van der Waals surface area contributed by atoms with Gasteiger partial charge in [0.25, 0.3) is 0 Å². The van der Waals surface area contributed by atoms with Crippen molar-refractivity contribution in [1.82, 2.24) is 19.8 Å². The Balaban J connectivity index is 0.00000225. The predicted molar refractivity (Wildman–Crippen MR) is 115 cm³/mol. The maximum atomic E-state index is 4.90. The fourth-order valence-corrected chi connectivity index (χ4v) is 4.29. The maximum absolute atomic E-state index is 4.90. The van der Waals surface area contributed by atoms with Crippen LogP contribution in [-0.2, 0) is 6.54 Å². The number of nitrogens with zero attached hydrogens (tertiary/aromatic N) is 4. The number of hydrogen-bond acceptors (Lipinski definition) is 2. The molecule has 1 aromatic heterocycles.